The van der Waals surface area contributed by atoms with Crippen LogP contribution in [0.5, 0.6) is 0 Å². The summed E-state index contributed by atoms with van der Waals surface area (Å²) in [7, 11) is 1.21. The molecule has 1 heterocycles. The third kappa shape index (κ3) is 2.28. The molecule has 7 heteroatoms. The van der Waals surface area contributed by atoms with E-state index < -0.39 is 11.9 Å². The van der Waals surface area contributed by atoms with Crippen LogP contribution in [0.15, 0.2) is 4.47 Å². The first-order valence-corrected chi connectivity index (χ1v) is 3.39. The van der Waals surface area contributed by atoms with Gasteiger partial charge in [0.1, 0.15) is 0 Å². The number of aromatic nitrogens is 2. The van der Waals surface area contributed by atoms with Crippen molar-refractivity contribution in [2.45, 2.75) is 6.18 Å². The predicted octanol–water partition coefficient (Wildman–Crippen LogP) is -0.994. The largest absolute Gasteiger partial charge is 1.00 e. The maximum atomic E-state index is 12.0. The van der Waals surface area contributed by atoms with Gasteiger partial charge in [0.15, 0.2) is 0 Å². The van der Waals surface area contributed by atoms with Crippen LogP contribution in [-0.2, 0) is 13.2 Å². The molecule has 2 nitrogen and oxygen atoms in total. The quantitative estimate of drug-likeness (QED) is 0.417. The van der Waals surface area contributed by atoms with Gasteiger partial charge < -0.3 is 9.78 Å². The molecular formula is C5H3BrF3LiN2. The summed E-state index contributed by atoms with van der Waals surface area (Å²) in [5.74, 6) is 0. The van der Waals surface area contributed by atoms with E-state index in [2.05, 4.69) is 27.2 Å². The summed E-state index contributed by atoms with van der Waals surface area (Å²) < 4.78 is 36.7. The second-order valence-corrected chi connectivity index (χ2v) is 2.69. The third-order valence-corrected chi connectivity index (χ3v) is 1.65. The number of alkyl halides is 3. The van der Waals surface area contributed by atoms with Crippen LogP contribution >= 0.6 is 15.9 Å². The number of rotatable bonds is 0. The summed E-state index contributed by atoms with van der Waals surface area (Å²) in [4.78, 5) is 0. The van der Waals surface area contributed by atoms with E-state index in [9.17, 15) is 13.2 Å². The molecule has 0 unspecified atom stereocenters. The minimum absolute atomic E-state index is 0. The van der Waals surface area contributed by atoms with Crippen LogP contribution in [-0.4, -0.2) is 9.78 Å². The molecule has 0 aliphatic carbocycles. The normalized spacial score (nSPS) is 11.1. The zero-order valence-electron chi connectivity index (χ0n) is 6.41. The Labute approximate surface area is 87.4 Å². The first-order chi connectivity index (χ1) is 4.93. The number of hydrogen-bond donors (Lipinski definition) is 0. The number of nitrogens with zero attached hydrogens (tertiary/aromatic N) is 2. The Hall–Kier alpha value is 0.0774. The van der Waals surface area contributed by atoms with Gasteiger partial charge in [-0.3, -0.25) is 0 Å². The number of halogens is 4. The van der Waals surface area contributed by atoms with Gasteiger partial charge in [0.2, 0.25) is 0 Å². The average molecular weight is 235 g/mol. The summed E-state index contributed by atoms with van der Waals surface area (Å²) >= 11 is 2.69. The van der Waals surface area contributed by atoms with Crippen molar-refractivity contribution in [2.75, 3.05) is 0 Å². The van der Waals surface area contributed by atoms with Gasteiger partial charge >= 0.3 is 25.0 Å². The molecule has 0 spiro atoms. The molecule has 1 rings (SSSR count). The summed E-state index contributed by atoms with van der Waals surface area (Å²) in [6.45, 7) is 0. The number of aryl methyl sites for hydroxylation is 1. The monoisotopic (exact) mass is 234 g/mol. The molecular weight excluding hydrogens is 232 g/mol. The minimum atomic E-state index is -4.37. The summed E-state index contributed by atoms with van der Waals surface area (Å²) in [5.41, 5.74) is -0.822. The average Bonchev–Trinajstić information content (AvgIpc) is 2.08. The van der Waals surface area contributed by atoms with Crippen molar-refractivity contribution >= 4 is 15.9 Å². The van der Waals surface area contributed by atoms with Crippen molar-refractivity contribution in [1.82, 2.24) is 9.78 Å². The third-order valence-electron chi connectivity index (χ3n) is 1.10. The Morgan fingerprint density at radius 3 is 2.17 bits per heavy atom. The van der Waals surface area contributed by atoms with Crippen LogP contribution in [0.2, 0.25) is 0 Å². The summed E-state index contributed by atoms with van der Waals surface area (Å²) in [6, 6.07) is 0. The molecule has 0 saturated heterocycles. The van der Waals surface area contributed by atoms with Crippen molar-refractivity contribution in [3.05, 3.63) is 16.4 Å². The molecule has 0 radical (unpaired) electrons. The molecule has 0 aliphatic heterocycles. The Morgan fingerprint density at radius 2 is 2.00 bits per heavy atom. The fourth-order valence-corrected chi connectivity index (χ4v) is 1.23. The van der Waals surface area contributed by atoms with Crippen LogP contribution in [0.1, 0.15) is 5.69 Å². The van der Waals surface area contributed by atoms with Gasteiger partial charge in [0.25, 0.3) is 0 Å². The maximum Gasteiger partial charge on any atom is 1.00 e. The van der Waals surface area contributed by atoms with Crippen LogP contribution in [0.4, 0.5) is 13.2 Å². The van der Waals surface area contributed by atoms with E-state index >= 15 is 0 Å². The molecule has 0 fully saturated rings. The van der Waals surface area contributed by atoms with E-state index in [0.717, 1.165) is 4.68 Å². The smallest absolute Gasteiger partial charge is 0.359 e. The second kappa shape index (κ2) is 3.86. The van der Waals surface area contributed by atoms with Crippen LogP contribution < -0.4 is 18.9 Å². The Kier molecular flexibility index (Phi) is 3.88. The van der Waals surface area contributed by atoms with Gasteiger partial charge in [-0.1, -0.05) is 15.9 Å². The van der Waals surface area contributed by atoms with Crippen molar-refractivity contribution in [3.8, 4) is 0 Å². The Bertz CT molecular complexity index is 251. The fraction of sp³-hybridized carbons (Fsp3) is 0.400. The molecule has 0 N–H and O–H groups in total. The molecule has 0 aliphatic rings. The fourth-order valence-electron chi connectivity index (χ4n) is 0.672. The van der Waals surface area contributed by atoms with E-state index in [0.29, 0.717) is 0 Å². The predicted molar refractivity (Wildman–Crippen MR) is 34.7 cm³/mol. The van der Waals surface area contributed by atoms with Crippen LogP contribution in [0.25, 0.3) is 0 Å². The van der Waals surface area contributed by atoms with E-state index in [-0.39, 0.29) is 23.3 Å². The molecule has 0 atom stereocenters. The van der Waals surface area contributed by atoms with Crippen molar-refractivity contribution in [2.24, 2.45) is 7.05 Å². The molecule has 62 valence electrons. The maximum absolute atomic E-state index is 12.0. The molecule has 0 saturated carbocycles. The van der Waals surface area contributed by atoms with Gasteiger partial charge in [-0.25, -0.2) is 0 Å². The van der Waals surface area contributed by atoms with Crippen LogP contribution in [0, 0.1) is 6.20 Å². The summed E-state index contributed by atoms with van der Waals surface area (Å²) in [5, 5.41) is 3.31. The van der Waals surface area contributed by atoms with Gasteiger partial charge in [0.05, 0.1) is 0 Å². The molecule has 0 bridgehead atoms. The molecule has 12 heavy (non-hydrogen) atoms. The molecule has 1 aromatic heterocycles. The molecule has 0 aromatic carbocycles. The zero-order chi connectivity index (χ0) is 8.65. The zero-order valence-corrected chi connectivity index (χ0v) is 7.99. The number of hydrogen-bond acceptors (Lipinski definition) is 1. The van der Waals surface area contributed by atoms with E-state index in [1.807, 2.05) is 0 Å². The van der Waals surface area contributed by atoms with Gasteiger partial charge in [-0.15, -0.1) is 10.7 Å². The van der Waals surface area contributed by atoms with E-state index in [4.69, 9.17) is 0 Å². The Balaban J connectivity index is 0.00000121. The second-order valence-electron chi connectivity index (χ2n) is 1.90. The summed E-state index contributed by atoms with van der Waals surface area (Å²) in [6.07, 6.45) is -2.22. The first kappa shape index (κ1) is 12.1. The van der Waals surface area contributed by atoms with Crippen molar-refractivity contribution in [3.63, 3.8) is 0 Å². The SMILES string of the molecule is Cn1n[c-]c(Br)c1C(F)(F)F.[Li+]. The molecule has 0 amide bonds. The van der Waals surface area contributed by atoms with Crippen LogP contribution in [0.3, 0.4) is 0 Å². The minimum Gasteiger partial charge on any atom is -0.359 e. The van der Waals surface area contributed by atoms with E-state index in [1.54, 1.807) is 0 Å². The molecule has 1 aromatic rings. The van der Waals surface area contributed by atoms with E-state index in [1.165, 1.54) is 7.05 Å². The van der Waals surface area contributed by atoms with Crippen molar-refractivity contribution in [1.29, 1.82) is 0 Å². The first-order valence-electron chi connectivity index (χ1n) is 2.60. The topological polar surface area (TPSA) is 17.8 Å². The van der Waals surface area contributed by atoms with Gasteiger partial charge in [-0.2, -0.15) is 13.2 Å². The van der Waals surface area contributed by atoms with Gasteiger partial charge in [-0.05, 0) is 0 Å². The van der Waals surface area contributed by atoms with Crippen molar-refractivity contribution < 1.29 is 32.0 Å². The van der Waals surface area contributed by atoms with Gasteiger partial charge in [0, 0.05) is 12.7 Å². The standard InChI is InChI=1S/C5H3BrF3N2.Li/c1-11-4(5(7,8)9)3(6)2-10-11;/h1H3;/q-1;+1. The Morgan fingerprint density at radius 1 is 1.50 bits per heavy atom.